The monoisotopic (exact) mass is 438 g/mol. The van der Waals surface area contributed by atoms with Gasteiger partial charge in [-0.25, -0.2) is 0 Å². The van der Waals surface area contributed by atoms with Gasteiger partial charge in [0.1, 0.15) is 0 Å². The van der Waals surface area contributed by atoms with Gasteiger partial charge in [-0.05, 0) is 46.2 Å². The van der Waals surface area contributed by atoms with Crippen molar-refractivity contribution >= 4 is 21.8 Å². The highest BCUT2D eigenvalue weighted by atomic mass is 32.2. The molecule has 2 fully saturated rings. The van der Waals surface area contributed by atoms with Gasteiger partial charge >= 0.3 is 0 Å². The summed E-state index contributed by atoms with van der Waals surface area (Å²) in [4.78, 5) is 14.8. The van der Waals surface area contributed by atoms with E-state index in [9.17, 15) is 13.2 Å². The molecule has 2 aliphatic rings. The fourth-order valence-corrected chi connectivity index (χ4v) is 5.91. The van der Waals surface area contributed by atoms with E-state index in [1.165, 1.54) is 8.61 Å². The van der Waals surface area contributed by atoms with Crippen LogP contribution in [0.3, 0.4) is 0 Å². The average molecular weight is 439 g/mol. The molecule has 2 heterocycles. The molecule has 1 amide bonds. The molecule has 2 saturated heterocycles. The predicted octanol–water partition coefficient (Wildman–Crippen LogP) is 1.60. The minimum Gasteiger partial charge on any atom is -0.373 e. The topological polar surface area (TPSA) is 82.2 Å². The second kappa shape index (κ2) is 9.32. The maximum absolute atomic E-state index is 13.0. The summed E-state index contributed by atoms with van der Waals surface area (Å²) in [5.41, 5.74) is 2.99. The van der Waals surface area contributed by atoms with E-state index in [2.05, 4.69) is 5.32 Å². The molecule has 0 spiro atoms. The second-order valence-electron chi connectivity index (χ2n) is 8.50. The van der Waals surface area contributed by atoms with Crippen molar-refractivity contribution in [3.8, 4) is 0 Å². The Hall–Kier alpha value is -1.52. The van der Waals surface area contributed by atoms with Gasteiger partial charge in [0.25, 0.3) is 10.2 Å². The van der Waals surface area contributed by atoms with E-state index in [4.69, 9.17) is 4.74 Å². The molecule has 0 radical (unpaired) electrons. The summed E-state index contributed by atoms with van der Waals surface area (Å²) in [6.45, 7) is 12.2. The highest BCUT2D eigenvalue weighted by molar-refractivity contribution is 7.86. The zero-order chi connectivity index (χ0) is 22.1. The number of benzene rings is 1. The number of nitrogens with zero attached hydrogens (tertiary/aromatic N) is 3. The number of anilines is 1. The molecule has 8 nitrogen and oxygen atoms in total. The van der Waals surface area contributed by atoms with Gasteiger partial charge < -0.3 is 10.1 Å². The molecule has 1 N–H and O–H groups in total. The number of carbonyl (C=O) groups is 1. The minimum absolute atomic E-state index is 0.0749. The average Bonchev–Trinajstić information content (AvgIpc) is 2.69. The normalized spacial score (nSPS) is 25.8. The van der Waals surface area contributed by atoms with Gasteiger partial charge in [-0.15, -0.1) is 0 Å². The van der Waals surface area contributed by atoms with Crippen molar-refractivity contribution in [1.29, 1.82) is 0 Å². The van der Waals surface area contributed by atoms with Crippen LogP contribution in [-0.2, 0) is 19.7 Å². The van der Waals surface area contributed by atoms with E-state index >= 15 is 0 Å². The maximum atomic E-state index is 13.0. The van der Waals surface area contributed by atoms with Crippen LogP contribution in [0.4, 0.5) is 5.69 Å². The standard InChI is InChI=1S/C21H34N4O4S/c1-15-6-7-20(16(2)12-15)22-21(26)19(5)23-8-10-24(11-9-23)30(27,28)25-13-17(3)29-18(4)14-25/h6-7,12,17-19H,8-11,13-14H2,1-5H3,(H,22,26). The molecule has 3 atom stereocenters. The molecule has 0 aromatic heterocycles. The zero-order valence-electron chi connectivity index (χ0n) is 18.6. The van der Waals surface area contributed by atoms with E-state index in [-0.39, 0.29) is 24.2 Å². The molecule has 0 aliphatic carbocycles. The van der Waals surface area contributed by atoms with E-state index in [1.807, 2.05) is 57.7 Å². The Kier molecular flexibility index (Phi) is 7.19. The van der Waals surface area contributed by atoms with Crippen LogP contribution < -0.4 is 5.32 Å². The lowest BCUT2D eigenvalue weighted by Crippen LogP contribution is -2.58. The van der Waals surface area contributed by atoms with E-state index in [0.717, 1.165) is 16.8 Å². The number of hydrogen-bond donors (Lipinski definition) is 1. The van der Waals surface area contributed by atoms with Gasteiger partial charge in [-0.1, -0.05) is 17.7 Å². The molecule has 0 saturated carbocycles. The summed E-state index contributed by atoms with van der Waals surface area (Å²) in [5, 5.41) is 3.00. The molecule has 168 valence electrons. The van der Waals surface area contributed by atoms with Crippen LogP contribution >= 0.6 is 0 Å². The van der Waals surface area contributed by atoms with Crippen LogP contribution in [-0.4, -0.2) is 85.4 Å². The Bertz CT molecular complexity index is 858. The molecule has 3 rings (SSSR count). The molecular weight excluding hydrogens is 404 g/mol. The molecule has 2 aliphatic heterocycles. The Morgan fingerprint density at radius 2 is 1.67 bits per heavy atom. The molecule has 3 unspecified atom stereocenters. The summed E-state index contributed by atoms with van der Waals surface area (Å²) in [7, 11) is -3.52. The fraction of sp³-hybridized carbons (Fsp3) is 0.667. The summed E-state index contributed by atoms with van der Waals surface area (Å²) >= 11 is 0. The lowest BCUT2D eigenvalue weighted by Gasteiger charge is -2.41. The molecule has 0 bridgehead atoms. The summed E-state index contributed by atoms with van der Waals surface area (Å²) in [5.74, 6) is -0.0749. The Morgan fingerprint density at radius 1 is 1.07 bits per heavy atom. The molecular formula is C21H34N4O4S. The first-order chi connectivity index (χ1) is 14.1. The number of nitrogens with one attached hydrogen (secondary N) is 1. The van der Waals surface area contributed by atoms with Crippen LogP contribution in [0.5, 0.6) is 0 Å². The van der Waals surface area contributed by atoms with Crippen molar-refractivity contribution in [2.24, 2.45) is 0 Å². The SMILES string of the molecule is Cc1ccc(NC(=O)C(C)N2CCN(S(=O)(=O)N3CC(C)OC(C)C3)CC2)c(C)c1. The van der Waals surface area contributed by atoms with Crippen molar-refractivity contribution in [2.45, 2.75) is 52.9 Å². The van der Waals surface area contributed by atoms with Crippen molar-refractivity contribution in [3.63, 3.8) is 0 Å². The molecule has 9 heteroatoms. The number of carbonyl (C=O) groups excluding carboxylic acids is 1. The molecule has 1 aromatic rings. The Labute approximate surface area is 180 Å². The van der Waals surface area contributed by atoms with Gasteiger partial charge in [0.2, 0.25) is 5.91 Å². The summed E-state index contributed by atoms with van der Waals surface area (Å²) in [6.07, 6.45) is -0.225. The van der Waals surface area contributed by atoms with Gasteiger partial charge in [-0.2, -0.15) is 17.0 Å². The quantitative estimate of drug-likeness (QED) is 0.755. The first kappa shape index (κ1) is 23.1. The van der Waals surface area contributed by atoms with Gasteiger partial charge in [0.05, 0.1) is 18.2 Å². The number of hydrogen-bond acceptors (Lipinski definition) is 5. The molecule has 30 heavy (non-hydrogen) atoms. The largest absolute Gasteiger partial charge is 0.373 e. The highest BCUT2D eigenvalue weighted by Gasteiger charge is 2.37. The fourth-order valence-electron chi connectivity index (χ4n) is 4.16. The first-order valence-electron chi connectivity index (χ1n) is 10.6. The van der Waals surface area contributed by atoms with Gasteiger partial charge in [-0.3, -0.25) is 9.69 Å². The minimum atomic E-state index is -3.52. The van der Waals surface area contributed by atoms with E-state index in [1.54, 1.807) is 0 Å². The van der Waals surface area contributed by atoms with Crippen molar-refractivity contribution in [2.75, 3.05) is 44.6 Å². The highest BCUT2D eigenvalue weighted by Crippen LogP contribution is 2.20. The first-order valence-corrected chi connectivity index (χ1v) is 12.0. The smallest absolute Gasteiger partial charge is 0.282 e. The number of aryl methyl sites for hydroxylation is 2. The van der Waals surface area contributed by atoms with Crippen molar-refractivity contribution < 1.29 is 17.9 Å². The number of morpholine rings is 1. The van der Waals surface area contributed by atoms with Gasteiger partial charge in [0.15, 0.2) is 0 Å². The third-order valence-electron chi connectivity index (χ3n) is 5.88. The van der Waals surface area contributed by atoms with Crippen molar-refractivity contribution in [1.82, 2.24) is 13.5 Å². The zero-order valence-corrected chi connectivity index (χ0v) is 19.4. The lowest BCUT2D eigenvalue weighted by atomic mass is 10.1. The number of ether oxygens (including phenoxy) is 1. The number of piperazine rings is 1. The number of rotatable bonds is 5. The van der Waals surface area contributed by atoms with Crippen LogP contribution in [0.15, 0.2) is 18.2 Å². The van der Waals surface area contributed by atoms with Crippen LogP contribution in [0.2, 0.25) is 0 Å². The van der Waals surface area contributed by atoms with Crippen molar-refractivity contribution in [3.05, 3.63) is 29.3 Å². The predicted molar refractivity (Wildman–Crippen MR) is 118 cm³/mol. The maximum Gasteiger partial charge on any atom is 0.282 e. The lowest BCUT2D eigenvalue weighted by molar-refractivity contribution is -0.121. The molecule has 1 aromatic carbocycles. The number of amides is 1. The van der Waals surface area contributed by atoms with Crippen LogP contribution in [0, 0.1) is 13.8 Å². The van der Waals surface area contributed by atoms with E-state index < -0.39 is 10.2 Å². The summed E-state index contributed by atoms with van der Waals surface area (Å²) in [6, 6.07) is 5.60. The summed E-state index contributed by atoms with van der Waals surface area (Å²) < 4.78 is 34.8. The van der Waals surface area contributed by atoms with Gasteiger partial charge in [0, 0.05) is 45.0 Å². The Balaban J connectivity index is 1.57. The second-order valence-corrected chi connectivity index (χ2v) is 10.4. The van der Waals surface area contributed by atoms with E-state index in [0.29, 0.717) is 39.3 Å². The third-order valence-corrected chi connectivity index (χ3v) is 7.85. The third kappa shape index (κ3) is 5.20. The Morgan fingerprint density at radius 3 is 2.23 bits per heavy atom. The van der Waals surface area contributed by atoms with Crippen LogP contribution in [0.1, 0.15) is 31.9 Å². The van der Waals surface area contributed by atoms with Crippen LogP contribution in [0.25, 0.3) is 0 Å².